The fourth-order valence-electron chi connectivity index (χ4n) is 2.12. The van der Waals surface area contributed by atoms with Crippen molar-refractivity contribution in [3.8, 4) is 0 Å². The van der Waals surface area contributed by atoms with Crippen LogP contribution in [-0.2, 0) is 11.2 Å². The lowest BCUT2D eigenvalue weighted by Gasteiger charge is -2.05. The molecule has 4 nitrogen and oxygen atoms in total. The van der Waals surface area contributed by atoms with Gasteiger partial charge in [-0.15, -0.1) is 0 Å². The summed E-state index contributed by atoms with van der Waals surface area (Å²) in [6.07, 6.45) is 2.00. The van der Waals surface area contributed by atoms with E-state index < -0.39 is 0 Å². The lowest BCUT2D eigenvalue weighted by atomic mass is 10.1. The lowest BCUT2D eigenvalue weighted by molar-refractivity contribution is -0.115. The van der Waals surface area contributed by atoms with Crippen molar-refractivity contribution in [1.82, 2.24) is 9.97 Å². The van der Waals surface area contributed by atoms with E-state index in [1.165, 1.54) is 5.56 Å². The van der Waals surface area contributed by atoms with Crippen molar-refractivity contribution in [2.75, 3.05) is 5.32 Å². The van der Waals surface area contributed by atoms with Gasteiger partial charge in [0.15, 0.2) is 0 Å². The Bertz CT molecular complexity index is 744. The number of anilines is 1. The van der Waals surface area contributed by atoms with Gasteiger partial charge in [-0.25, -0.2) is 4.98 Å². The number of rotatable bonds is 3. The highest BCUT2D eigenvalue weighted by Gasteiger charge is 2.05. The molecule has 1 heterocycles. The molecule has 0 aliphatic rings. The molecular weight excluding hydrogens is 250 g/mol. The van der Waals surface area contributed by atoms with Crippen LogP contribution in [0.5, 0.6) is 0 Å². The van der Waals surface area contributed by atoms with Gasteiger partial charge in [-0.05, 0) is 36.8 Å². The number of benzene rings is 2. The Kier molecular flexibility index (Phi) is 3.21. The van der Waals surface area contributed by atoms with E-state index in [1.54, 1.807) is 6.33 Å². The van der Waals surface area contributed by atoms with Crippen LogP contribution in [0, 0.1) is 6.92 Å². The number of hydrogen-bond donors (Lipinski definition) is 2. The highest BCUT2D eigenvalue weighted by molar-refractivity contribution is 5.92. The van der Waals surface area contributed by atoms with E-state index >= 15 is 0 Å². The van der Waals surface area contributed by atoms with Crippen LogP contribution in [0.4, 0.5) is 5.69 Å². The van der Waals surface area contributed by atoms with Crippen LogP contribution in [0.3, 0.4) is 0 Å². The van der Waals surface area contributed by atoms with Crippen LogP contribution in [-0.4, -0.2) is 15.9 Å². The lowest BCUT2D eigenvalue weighted by Crippen LogP contribution is -2.14. The van der Waals surface area contributed by atoms with Crippen LogP contribution in [0.2, 0.25) is 0 Å². The van der Waals surface area contributed by atoms with Crippen molar-refractivity contribution in [2.24, 2.45) is 0 Å². The molecule has 0 atom stereocenters. The number of amides is 1. The van der Waals surface area contributed by atoms with Crippen molar-refractivity contribution in [3.05, 3.63) is 59.9 Å². The van der Waals surface area contributed by atoms with Crippen molar-refractivity contribution in [3.63, 3.8) is 0 Å². The zero-order valence-electron chi connectivity index (χ0n) is 11.2. The van der Waals surface area contributed by atoms with Gasteiger partial charge in [0.25, 0.3) is 0 Å². The van der Waals surface area contributed by atoms with Gasteiger partial charge in [0.2, 0.25) is 5.91 Å². The third kappa shape index (κ3) is 2.69. The van der Waals surface area contributed by atoms with Gasteiger partial charge < -0.3 is 10.3 Å². The number of aromatic nitrogens is 2. The van der Waals surface area contributed by atoms with Gasteiger partial charge >= 0.3 is 0 Å². The molecule has 4 heteroatoms. The predicted octanol–water partition coefficient (Wildman–Crippen LogP) is 3.05. The summed E-state index contributed by atoms with van der Waals surface area (Å²) < 4.78 is 0. The Morgan fingerprint density at radius 1 is 1.20 bits per heavy atom. The number of carbonyl (C=O) groups excluding carboxylic acids is 1. The molecule has 3 rings (SSSR count). The molecule has 1 aromatic heterocycles. The number of imidazole rings is 1. The van der Waals surface area contributed by atoms with Gasteiger partial charge in [0.1, 0.15) is 0 Å². The zero-order chi connectivity index (χ0) is 13.9. The number of hydrogen-bond acceptors (Lipinski definition) is 2. The number of aryl methyl sites for hydroxylation is 1. The predicted molar refractivity (Wildman–Crippen MR) is 79.6 cm³/mol. The molecule has 0 aliphatic heterocycles. The first-order chi connectivity index (χ1) is 9.70. The van der Waals surface area contributed by atoms with Gasteiger partial charge in [-0.2, -0.15) is 0 Å². The average molecular weight is 265 g/mol. The van der Waals surface area contributed by atoms with Crippen molar-refractivity contribution in [2.45, 2.75) is 13.3 Å². The van der Waals surface area contributed by atoms with E-state index in [0.717, 1.165) is 22.3 Å². The quantitative estimate of drug-likeness (QED) is 0.764. The van der Waals surface area contributed by atoms with Crippen molar-refractivity contribution in [1.29, 1.82) is 0 Å². The second-order valence-electron chi connectivity index (χ2n) is 4.85. The summed E-state index contributed by atoms with van der Waals surface area (Å²) in [5, 5.41) is 2.89. The zero-order valence-corrected chi connectivity index (χ0v) is 11.2. The molecule has 2 aromatic carbocycles. The topological polar surface area (TPSA) is 57.8 Å². The molecule has 0 saturated heterocycles. The highest BCUT2D eigenvalue weighted by atomic mass is 16.1. The average Bonchev–Trinajstić information content (AvgIpc) is 2.89. The Labute approximate surface area is 116 Å². The van der Waals surface area contributed by atoms with E-state index in [4.69, 9.17) is 0 Å². The number of fused-ring (bicyclic) bond motifs is 1. The Balaban J connectivity index is 1.70. The van der Waals surface area contributed by atoms with Gasteiger partial charge in [-0.1, -0.05) is 23.8 Å². The number of carbonyl (C=O) groups is 1. The first-order valence-corrected chi connectivity index (χ1v) is 6.49. The molecule has 0 unspecified atom stereocenters. The van der Waals surface area contributed by atoms with Gasteiger partial charge in [-0.3, -0.25) is 4.79 Å². The molecule has 0 spiro atoms. The molecule has 0 radical (unpaired) electrons. The molecule has 3 aromatic rings. The maximum atomic E-state index is 12.0. The third-order valence-corrected chi connectivity index (χ3v) is 3.18. The number of aromatic amines is 1. The standard InChI is InChI=1S/C16H15N3O/c1-11-2-5-13(6-3-11)19-16(20)9-12-4-7-14-15(8-12)18-10-17-14/h2-8,10H,9H2,1H3,(H,17,18)(H,19,20). The molecular formula is C16H15N3O. The van der Waals surface area contributed by atoms with E-state index in [-0.39, 0.29) is 5.91 Å². The minimum atomic E-state index is -0.0206. The second-order valence-corrected chi connectivity index (χ2v) is 4.85. The highest BCUT2D eigenvalue weighted by Crippen LogP contribution is 2.13. The summed E-state index contributed by atoms with van der Waals surface area (Å²) in [6.45, 7) is 2.02. The van der Waals surface area contributed by atoms with E-state index in [2.05, 4.69) is 15.3 Å². The number of nitrogens with zero attached hydrogens (tertiary/aromatic N) is 1. The summed E-state index contributed by atoms with van der Waals surface area (Å²) in [7, 11) is 0. The van der Waals surface area contributed by atoms with Crippen molar-refractivity contribution < 1.29 is 4.79 Å². The summed E-state index contributed by atoms with van der Waals surface area (Å²) in [6, 6.07) is 13.6. The van der Waals surface area contributed by atoms with Crippen molar-refractivity contribution >= 4 is 22.6 Å². The van der Waals surface area contributed by atoms with Crippen LogP contribution < -0.4 is 5.32 Å². The monoisotopic (exact) mass is 265 g/mol. The van der Waals surface area contributed by atoms with Crippen LogP contribution in [0.15, 0.2) is 48.8 Å². The fourth-order valence-corrected chi connectivity index (χ4v) is 2.12. The summed E-state index contributed by atoms with van der Waals surface area (Å²) in [5.74, 6) is -0.0206. The van der Waals surface area contributed by atoms with E-state index in [0.29, 0.717) is 6.42 Å². The van der Waals surface area contributed by atoms with Gasteiger partial charge in [0.05, 0.1) is 23.8 Å². The Morgan fingerprint density at radius 3 is 2.80 bits per heavy atom. The first kappa shape index (κ1) is 12.4. The second kappa shape index (κ2) is 5.17. The first-order valence-electron chi connectivity index (χ1n) is 6.49. The molecule has 0 saturated carbocycles. The Hall–Kier alpha value is -2.62. The summed E-state index contributed by atoms with van der Waals surface area (Å²) in [4.78, 5) is 19.2. The molecule has 0 bridgehead atoms. The maximum Gasteiger partial charge on any atom is 0.228 e. The number of nitrogens with one attached hydrogen (secondary N) is 2. The largest absolute Gasteiger partial charge is 0.345 e. The van der Waals surface area contributed by atoms with E-state index in [1.807, 2.05) is 49.4 Å². The van der Waals surface area contributed by atoms with Crippen LogP contribution in [0.25, 0.3) is 11.0 Å². The minimum Gasteiger partial charge on any atom is -0.345 e. The fraction of sp³-hybridized carbons (Fsp3) is 0.125. The smallest absolute Gasteiger partial charge is 0.228 e. The third-order valence-electron chi connectivity index (χ3n) is 3.18. The SMILES string of the molecule is Cc1ccc(NC(=O)Cc2ccc3nc[nH]c3c2)cc1. The van der Waals surface area contributed by atoms with E-state index in [9.17, 15) is 4.79 Å². The minimum absolute atomic E-state index is 0.0206. The molecule has 100 valence electrons. The van der Waals surface area contributed by atoms with Gasteiger partial charge in [0, 0.05) is 5.69 Å². The number of H-pyrrole nitrogens is 1. The van der Waals surface area contributed by atoms with Crippen LogP contribution in [0.1, 0.15) is 11.1 Å². The normalized spacial score (nSPS) is 10.7. The van der Waals surface area contributed by atoms with Crippen LogP contribution >= 0.6 is 0 Å². The molecule has 0 aliphatic carbocycles. The Morgan fingerprint density at radius 2 is 2.00 bits per heavy atom. The summed E-state index contributed by atoms with van der Waals surface area (Å²) >= 11 is 0. The summed E-state index contributed by atoms with van der Waals surface area (Å²) in [5.41, 5.74) is 4.82. The maximum absolute atomic E-state index is 12.0. The molecule has 0 fully saturated rings. The molecule has 2 N–H and O–H groups in total. The molecule has 20 heavy (non-hydrogen) atoms. The molecule has 1 amide bonds.